The van der Waals surface area contributed by atoms with Gasteiger partial charge in [0.25, 0.3) is 5.16 Å². The van der Waals surface area contributed by atoms with E-state index in [1.165, 1.54) is 0 Å². The Morgan fingerprint density at radius 1 is 1.15 bits per heavy atom. The summed E-state index contributed by atoms with van der Waals surface area (Å²) in [6.07, 6.45) is 3.24. The molecule has 1 aromatic carbocycles. The molecule has 1 unspecified atom stereocenters. The molecule has 0 aliphatic carbocycles. The van der Waals surface area contributed by atoms with Gasteiger partial charge in [-0.1, -0.05) is 6.07 Å². The average molecular weight is 579 g/mol. The molecule has 1 aliphatic heterocycles. The summed E-state index contributed by atoms with van der Waals surface area (Å²) in [5.41, 5.74) is 0.501. The van der Waals surface area contributed by atoms with Crippen molar-refractivity contribution in [3.8, 4) is 11.6 Å². The minimum absolute atomic E-state index is 0.0735. The molecule has 0 amide bonds. The molecule has 0 radical (unpaired) electrons. The number of carbonyl (C=O) groups excluding carboxylic acids is 2. The molecule has 2 N–H and O–H groups in total. The Morgan fingerprint density at radius 2 is 1.88 bits per heavy atom. The van der Waals surface area contributed by atoms with Gasteiger partial charge in [-0.05, 0) is 49.9 Å². The van der Waals surface area contributed by atoms with Gasteiger partial charge < -0.3 is 19.5 Å². The maximum atomic E-state index is 12.3. The van der Waals surface area contributed by atoms with Crippen LogP contribution in [0.1, 0.15) is 44.0 Å². The predicted octanol–water partition coefficient (Wildman–Crippen LogP) is 2.11. The number of nitro groups is 1. The zero-order chi connectivity index (χ0) is 29.3. The van der Waals surface area contributed by atoms with E-state index in [0.717, 1.165) is 12.7 Å². The Bertz CT molecular complexity index is 1400. The molecule has 1 aliphatic rings. The second kappa shape index (κ2) is 13.7. The van der Waals surface area contributed by atoms with Gasteiger partial charge in [0.15, 0.2) is 0 Å². The van der Waals surface area contributed by atoms with E-state index in [-0.39, 0.29) is 31.8 Å². The summed E-state index contributed by atoms with van der Waals surface area (Å²) in [4.78, 5) is 47.0. The van der Waals surface area contributed by atoms with Crippen LogP contribution in [0.4, 0.5) is 11.5 Å². The van der Waals surface area contributed by atoms with Gasteiger partial charge in [0.2, 0.25) is 15.7 Å². The monoisotopic (exact) mass is 578 g/mol. The highest BCUT2D eigenvalue weighted by Gasteiger charge is 2.30. The van der Waals surface area contributed by atoms with Crippen molar-refractivity contribution < 1.29 is 37.1 Å². The number of nitrogens with one attached hydrogen (secondary N) is 2. The van der Waals surface area contributed by atoms with Gasteiger partial charge in [0.1, 0.15) is 18.5 Å². The molecule has 15 nitrogen and oxygen atoms in total. The van der Waals surface area contributed by atoms with Crippen LogP contribution in [0.3, 0.4) is 0 Å². The van der Waals surface area contributed by atoms with Gasteiger partial charge >= 0.3 is 23.5 Å². The van der Waals surface area contributed by atoms with Crippen LogP contribution in [0.2, 0.25) is 0 Å². The number of sulfone groups is 1. The minimum atomic E-state index is -4.05. The normalized spacial score (nSPS) is 14.8. The maximum Gasteiger partial charge on any atom is 0.373 e. The third-order valence-electron chi connectivity index (χ3n) is 5.36. The fourth-order valence-corrected chi connectivity index (χ4v) is 4.17. The van der Waals surface area contributed by atoms with Crippen LogP contribution in [-0.2, 0) is 35.3 Å². The first-order valence-electron chi connectivity index (χ1n) is 12.4. The van der Waals surface area contributed by atoms with Gasteiger partial charge in [-0.15, -0.1) is 0 Å². The smallest absolute Gasteiger partial charge is 0.373 e. The van der Waals surface area contributed by atoms with Gasteiger partial charge in [-0.25, -0.2) is 8.42 Å². The van der Waals surface area contributed by atoms with E-state index in [1.807, 2.05) is 6.07 Å². The van der Waals surface area contributed by atoms with Gasteiger partial charge in [-0.3, -0.25) is 30.0 Å². The Balaban J connectivity index is 2.07. The summed E-state index contributed by atoms with van der Waals surface area (Å²) in [5, 5.41) is 17.0. The number of anilines is 1. The van der Waals surface area contributed by atoms with Crippen LogP contribution in [0, 0.1) is 10.1 Å². The first-order chi connectivity index (χ1) is 19.0. The quantitative estimate of drug-likeness (QED) is 0.152. The molecule has 3 rings (SSSR count). The standard InChI is InChI=1S/C24H30N6O9S/c1-4-37-18(31)8-7-15-11-16(21-25-9-6-10-26-21)13-17(12-15)39-23-20(30(33)34)22(27-14-19(32)38-5-2)28-24(29-23)40(3,35)36/h9,11-13,21,26H,4-8,10,14H2,1-3H3,(H,27,28,29). The number of esters is 2. The van der Waals surface area contributed by atoms with Crippen LogP contribution in [0.15, 0.2) is 28.3 Å². The fourth-order valence-electron chi connectivity index (χ4n) is 3.67. The molecule has 0 spiro atoms. The second-order valence-electron chi connectivity index (χ2n) is 8.49. The van der Waals surface area contributed by atoms with E-state index in [0.29, 0.717) is 17.7 Å². The molecular weight excluding hydrogens is 548 g/mol. The van der Waals surface area contributed by atoms with Crippen LogP contribution in [0.25, 0.3) is 0 Å². The van der Waals surface area contributed by atoms with Crippen molar-refractivity contribution in [2.24, 2.45) is 4.99 Å². The molecule has 0 saturated carbocycles. The summed E-state index contributed by atoms with van der Waals surface area (Å²) in [5.74, 6) is -2.26. The Morgan fingerprint density at radius 3 is 2.50 bits per heavy atom. The van der Waals surface area contributed by atoms with Crippen molar-refractivity contribution in [2.75, 3.05) is 37.9 Å². The number of nitrogens with zero attached hydrogens (tertiary/aromatic N) is 4. The summed E-state index contributed by atoms with van der Waals surface area (Å²) in [6, 6.07) is 4.94. The van der Waals surface area contributed by atoms with Crippen LogP contribution >= 0.6 is 0 Å². The lowest BCUT2D eigenvalue weighted by Crippen LogP contribution is -2.25. The largest absolute Gasteiger partial charge is 0.466 e. The summed E-state index contributed by atoms with van der Waals surface area (Å²) in [7, 11) is -4.05. The van der Waals surface area contributed by atoms with E-state index in [4.69, 9.17) is 14.2 Å². The van der Waals surface area contributed by atoms with Crippen LogP contribution < -0.4 is 15.4 Å². The molecule has 2 aromatic rings. The molecule has 0 saturated heterocycles. The predicted molar refractivity (Wildman–Crippen MR) is 142 cm³/mol. The molecule has 0 fully saturated rings. The highest BCUT2D eigenvalue weighted by molar-refractivity contribution is 7.90. The van der Waals surface area contributed by atoms with Gasteiger partial charge in [-0.2, -0.15) is 9.97 Å². The van der Waals surface area contributed by atoms with E-state index < -0.39 is 62.0 Å². The highest BCUT2D eigenvalue weighted by atomic mass is 32.2. The Labute approximate surface area is 230 Å². The Kier molecular flexibility index (Phi) is 10.4. The number of aliphatic imine (C=N–C) groups is 1. The highest BCUT2D eigenvalue weighted by Crippen LogP contribution is 2.37. The van der Waals surface area contributed by atoms with E-state index in [9.17, 15) is 28.1 Å². The van der Waals surface area contributed by atoms with Crippen molar-refractivity contribution in [3.05, 3.63) is 39.4 Å². The van der Waals surface area contributed by atoms with E-state index >= 15 is 0 Å². The zero-order valence-corrected chi connectivity index (χ0v) is 23.0. The number of hydrogen-bond acceptors (Lipinski definition) is 14. The van der Waals surface area contributed by atoms with Crippen LogP contribution in [0.5, 0.6) is 11.6 Å². The second-order valence-corrected chi connectivity index (χ2v) is 10.4. The van der Waals surface area contributed by atoms with Crippen molar-refractivity contribution in [1.29, 1.82) is 0 Å². The minimum Gasteiger partial charge on any atom is -0.466 e. The molecule has 1 aromatic heterocycles. The van der Waals surface area contributed by atoms with Crippen LogP contribution in [-0.4, -0.2) is 74.0 Å². The zero-order valence-electron chi connectivity index (χ0n) is 22.2. The maximum absolute atomic E-state index is 12.3. The van der Waals surface area contributed by atoms with Crippen molar-refractivity contribution in [3.63, 3.8) is 0 Å². The van der Waals surface area contributed by atoms with E-state index in [2.05, 4.69) is 25.6 Å². The number of rotatable bonds is 13. The average Bonchev–Trinajstić information content (AvgIpc) is 2.90. The Hall–Kier alpha value is -4.18. The molecule has 0 bridgehead atoms. The summed E-state index contributed by atoms with van der Waals surface area (Å²) < 4.78 is 40.2. The topological polar surface area (TPSA) is 201 Å². The third-order valence-corrected chi connectivity index (χ3v) is 6.20. The summed E-state index contributed by atoms with van der Waals surface area (Å²) >= 11 is 0. The van der Waals surface area contributed by atoms with E-state index in [1.54, 1.807) is 32.2 Å². The fraction of sp³-hybridized carbons (Fsp3) is 0.458. The first kappa shape index (κ1) is 30.4. The van der Waals surface area contributed by atoms with Crippen molar-refractivity contribution in [1.82, 2.24) is 15.3 Å². The SMILES string of the molecule is CCOC(=O)CCc1cc(Oc2nc(S(C)(=O)=O)nc(NCC(=O)OCC)c2[N+](=O)[O-])cc(C2N=CCCN2)c1. The van der Waals surface area contributed by atoms with Crippen molar-refractivity contribution in [2.45, 2.75) is 44.4 Å². The van der Waals surface area contributed by atoms with Gasteiger partial charge in [0, 0.05) is 25.4 Å². The number of hydrogen-bond donors (Lipinski definition) is 2. The number of aryl methyl sites for hydroxylation is 1. The molecule has 40 heavy (non-hydrogen) atoms. The third kappa shape index (κ3) is 8.41. The molecule has 16 heteroatoms. The van der Waals surface area contributed by atoms with Crippen molar-refractivity contribution >= 4 is 39.5 Å². The molecule has 1 atom stereocenters. The number of ether oxygens (including phenoxy) is 3. The lowest BCUT2D eigenvalue weighted by atomic mass is 10.0. The lowest BCUT2D eigenvalue weighted by Gasteiger charge is -2.20. The lowest BCUT2D eigenvalue weighted by molar-refractivity contribution is -0.385. The number of carbonyl (C=O) groups is 2. The number of aromatic nitrogens is 2. The number of benzene rings is 1. The molecular formula is C24H30N6O9S. The first-order valence-corrected chi connectivity index (χ1v) is 14.3. The molecule has 216 valence electrons. The molecule has 2 heterocycles. The summed E-state index contributed by atoms with van der Waals surface area (Å²) in [6.45, 7) is 3.74. The van der Waals surface area contributed by atoms with Gasteiger partial charge in [0.05, 0.1) is 18.1 Å².